The smallest absolute Gasteiger partial charge is 0.293 e. The highest BCUT2D eigenvalue weighted by atomic mass is 79.9. The Kier molecular flexibility index (Phi) is 4.37. The number of hydrogen-bond donors (Lipinski definition) is 1. The molecule has 0 atom stereocenters. The van der Waals surface area contributed by atoms with Crippen molar-refractivity contribution in [1.29, 1.82) is 0 Å². The highest BCUT2D eigenvalue weighted by Crippen LogP contribution is 2.27. The molecule has 0 radical (unpaired) electrons. The summed E-state index contributed by atoms with van der Waals surface area (Å²) in [5, 5.41) is 13.7. The summed E-state index contributed by atoms with van der Waals surface area (Å²) in [6.45, 7) is 3.63. The van der Waals surface area contributed by atoms with Gasteiger partial charge in [0.05, 0.1) is 10.5 Å². The second-order valence-electron chi connectivity index (χ2n) is 4.67. The average molecular weight is 349 g/mol. The van der Waals surface area contributed by atoms with Crippen LogP contribution >= 0.6 is 15.9 Å². The topological polar surface area (TPSA) is 72.2 Å². The lowest BCUT2D eigenvalue weighted by Gasteiger charge is -2.09. The molecule has 0 saturated heterocycles. The lowest BCUT2D eigenvalue weighted by Crippen LogP contribution is -2.14. The van der Waals surface area contributed by atoms with Crippen LogP contribution in [0.4, 0.5) is 11.4 Å². The van der Waals surface area contributed by atoms with Gasteiger partial charge in [-0.25, -0.2) is 0 Å². The number of anilines is 1. The maximum absolute atomic E-state index is 12.3. The minimum atomic E-state index is -0.506. The molecule has 0 fully saturated rings. The zero-order valence-electron chi connectivity index (χ0n) is 11.5. The van der Waals surface area contributed by atoms with Crippen molar-refractivity contribution in [2.75, 3.05) is 5.32 Å². The van der Waals surface area contributed by atoms with E-state index in [1.807, 2.05) is 13.0 Å². The van der Waals surface area contributed by atoms with E-state index >= 15 is 0 Å². The lowest BCUT2D eigenvalue weighted by atomic mass is 10.1. The molecule has 0 aromatic heterocycles. The summed E-state index contributed by atoms with van der Waals surface area (Å²) in [5.41, 5.74) is 2.18. The van der Waals surface area contributed by atoms with Crippen LogP contribution in [0.3, 0.4) is 0 Å². The van der Waals surface area contributed by atoms with Gasteiger partial charge >= 0.3 is 0 Å². The van der Waals surface area contributed by atoms with Crippen molar-refractivity contribution >= 4 is 33.2 Å². The number of amides is 1. The molecule has 2 aromatic carbocycles. The minimum absolute atomic E-state index is 0.118. The minimum Gasteiger partial charge on any atom is -0.316 e. The summed E-state index contributed by atoms with van der Waals surface area (Å²) in [7, 11) is 0. The normalized spacial score (nSPS) is 10.2. The Balaban J connectivity index is 2.36. The fourth-order valence-corrected chi connectivity index (χ4v) is 2.36. The van der Waals surface area contributed by atoms with Gasteiger partial charge < -0.3 is 5.32 Å². The molecule has 0 unspecified atom stereocenters. The van der Waals surface area contributed by atoms with E-state index in [1.54, 1.807) is 25.1 Å². The molecule has 0 heterocycles. The van der Waals surface area contributed by atoms with Crippen LogP contribution in [0.1, 0.15) is 21.5 Å². The van der Waals surface area contributed by atoms with Gasteiger partial charge in [-0.2, -0.15) is 0 Å². The van der Waals surface area contributed by atoms with Crippen LogP contribution in [0.5, 0.6) is 0 Å². The van der Waals surface area contributed by atoms with Crippen molar-refractivity contribution in [2.24, 2.45) is 0 Å². The maximum atomic E-state index is 12.3. The fourth-order valence-electron chi connectivity index (χ4n) is 1.91. The molecule has 21 heavy (non-hydrogen) atoms. The lowest BCUT2D eigenvalue weighted by molar-refractivity contribution is -0.384. The van der Waals surface area contributed by atoms with Crippen LogP contribution in [0.2, 0.25) is 0 Å². The molecular formula is C15H13BrN2O3. The highest BCUT2D eigenvalue weighted by molar-refractivity contribution is 9.10. The molecule has 0 aliphatic carbocycles. The molecule has 0 bridgehead atoms. The standard InChI is InChI=1S/C15H13BrN2O3/c1-9-6-7-12(13(8-9)18(20)21)17-15(19)11-5-3-4-10(2)14(11)16/h3-8H,1-2H3,(H,17,19). The molecular weight excluding hydrogens is 336 g/mol. The van der Waals surface area contributed by atoms with E-state index in [-0.39, 0.29) is 11.4 Å². The first-order chi connectivity index (χ1) is 9.90. The average Bonchev–Trinajstić information content (AvgIpc) is 2.43. The van der Waals surface area contributed by atoms with Gasteiger partial charge in [0, 0.05) is 10.5 Å². The van der Waals surface area contributed by atoms with E-state index in [2.05, 4.69) is 21.2 Å². The number of rotatable bonds is 3. The Morgan fingerprint density at radius 1 is 1.24 bits per heavy atom. The van der Waals surface area contributed by atoms with Crippen molar-refractivity contribution in [2.45, 2.75) is 13.8 Å². The summed E-state index contributed by atoms with van der Waals surface area (Å²) in [6, 6.07) is 9.98. The van der Waals surface area contributed by atoms with E-state index in [1.165, 1.54) is 12.1 Å². The van der Waals surface area contributed by atoms with Crippen LogP contribution in [0.25, 0.3) is 0 Å². The predicted octanol–water partition coefficient (Wildman–Crippen LogP) is 4.23. The van der Waals surface area contributed by atoms with Gasteiger partial charge in [0.2, 0.25) is 0 Å². The molecule has 0 aliphatic rings. The van der Waals surface area contributed by atoms with Crippen molar-refractivity contribution in [3.05, 3.63) is 67.7 Å². The second kappa shape index (κ2) is 6.05. The van der Waals surface area contributed by atoms with Crippen LogP contribution in [0.15, 0.2) is 40.9 Å². The number of halogens is 1. The number of carbonyl (C=O) groups excluding carboxylic acids is 1. The number of aryl methyl sites for hydroxylation is 2. The van der Waals surface area contributed by atoms with Crippen LogP contribution < -0.4 is 5.32 Å². The van der Waals surface area contributed by atoms with Crippen LogP contribution in [0, 0.1) is 24.0 Å². The van der Waals surface area contributed by atoms with Gasteiger partial charge in [0.1, 0.15) is 5.69 Å². The Morgan fingerprint density at radius 3 is 2.62 bits per heavy atom. The van der Waals surface area contributed by atoms with Crippen molar-refractivity contribution < 1.29 is 9.72 Å². The van der Waals surface area contributed by atoms with Gasteiger partial charge in [-0.15, -0.1) is 0 Å². The van der Waals surface area contributed by atoms with E-state index in [4.69, 9.17) is 0 Å². The van der Waals surface area contributed by atoms with Crippen LogP contribution in [-0.4, -0.2) is 10.8 Å². The van der Waals surface area contributed by atoms with E-state index in [9.17, 15) is 14.9 Å². The quantitative estimate of drug-likeness (QED) is 0.666. The van der Waals surface area contributed by atoms with Crippen LogP contribution in [-0.2, 0) is 0 Å². The molecule has 0 spiro atoms. The molecule has 0 saturated carbocycles. The summed E-state index contributed by atoms with van der Waals surface area (Å²) in [5.74, 6) is -0.391. The number of nitro benzene ring substituents is 1. The third-order valence-corrected chi connectivity index (χ3v) is 4.09. The second-order valence-corrected chi connectivity index (χ2v) is 5.46. The largest absolute Gasteiger partial charge is 0.316 e. The van der Waals surface area contributed by atoms with Crippen molar-refractivity contribution in [1.82, 2.24) is 0 Å². The Bertz CT molecular complexity index is 729. The third kappa shape index (κ3) is 3.28. The SMILES string of the molecule is Cc1ccc(NC(=O)c2cccc(C)c2Br)c([N+](=O)[O-])c1. The van der Waals surface area contributed by atoms with Gasteiger partial charge in [0.25, 0.3) is 11.6 Å². The predicted molar refractivity (Wildman–Crippen MR) is 84.7 cm³/mol. The highest BCUT2D eigenvalue weighted by Gasteiger charge is 2.18. The Labute approximate surface area is 130 Å². The summed E-state index contributed by atoms with van der Waals surface area (Å²) in [4.78, 5) is 22.8. The third-order valence-electron chi connectivity index (χ3n) is 3.03. The summed E-state index contributed by atoms with van der Waals surface area (Å²) < 4.78 is 0.678. The van der Waals surface area contributed by atoms with Gasteiger partial charge in [-0.3, -0.25) is 14.9 Å². The van der Waals surface area contributed by atoms with E-state index in [0.717, 1.165) is 11.1 Å². The van der Waals surface area contributed by atoms with Gasteiger partial charge in [-0.1, -0.05) is 18.2 Å². The molecule has 2 rings (SSSR count). The molecule has 6 heteroatoms. The number of nitrogens with zero attached hydrogens (tertiary/aromatic N) is 1. The summed E-state index contributed by atoms with van der Waals surface area (Å²) in [6.07, 6.45) is 0. The zero-order valence-corrected chi connectivity index (χ0v) is 13.1. The molecule has 0 aliphatic heterocycles. The van der Waals surface area contributed by atoms with Gasteiger partial charge in [-0.05, 0) is 53.0 Å². The monoisotopic (exact) mass is 348 g/mol. The number of nitrogens with one attached hydrogen (secondary N) is 1. The summed E-state index contributed by atoms with van der Waals surface area (Å²) >= 11 is 3.36. The molecule has 108 valence electrons. The fraction of sp³-hybridized carbons (Fsp3) is 0.133. The van der Waals surface area contributed by atoms with Gasteiger partial charge in [0.15, 0.2) is 0 Å². The van der Waals surface area contributed by atoms with E-state index < -0.39 is 10.8 Å². The Morgan fingerprint density at radius 2 is 1.95 bits per heavy atom. The van der Waals surface area contributed by atoms with Crippen molar-refractivity contribution in [3.8, 4) is 0 Å². The number of nitro groups is 1. The molecule has 5 nitrogen and oxygen atoms in total. The first-order valence-electron chi connectivity index (χ1n) is 6.21. The maximum Gasteiger partial charge on any atom is 0.293 e. The zero-order chi connectivity index (χ0) is 15.6. The molecule has 2 aromatic rings. The number of benzene rings is 2. The van der Waals surface area contributed by atoms with E-state index in [0.29, 0.717) is 10.0 Å². The first kappa shape index (κ1) is 15.2. The van der Waals surface area contributed by atoms with Crippen molar-refractivity contribution in [3.63, 3.8) is 0 Å². The first-order valence-corrected chi connectivity index (χ1v) is 7.01. The number of carbonyl (C=O) groups is 1. The number of hydrogen-bond acceptors (Lipinski definition) is 3. The Hall–Kier alpha value is -2.21. The molecule has 1 amide bonds. The molecule has 1 N–H and O–H groups in total.